The van der Waals surface area contributed by atoms with E-state index in [0.29, 0.717) is 24.7 Å². The van der Waals surface area contributed by atoms with Gasteiger partial charge in [-0.3, -0.25) is 0 Å². The number of carbonyl (C=O) groups is 1. The van der Waals surface area contributed by atoms with Gasteiger partial charge in [0.1, 0.15) is 11.5 Å². The largest absolute Gasteiger partial charge is 0.497 e. The second-order valence-corrected chi connectivity index (χ2v) is 3.64. The molecule has 5 nitrogen and oxygen atoms in total. The summed E-state index contributed by atoms with van der Waals surface area (Å²) in [4.78, 5) is 11.1. The fourth-order valence-corrected chi connectivity index (χ4v) is 1.43. The lowest BCUT2D eigenvalue weighted by Crippen LogP contribution is -2.02. The number of hydrogen-bond acceptors (Lipinski definition) is 5. The molecule has 1 rings (SSSR count). The summed E-state index contributed by atoms with van der Waals surface area (Å²) in [5, 5.41) is 3.14. The van der Waals surface area contributed by atoms with Crippen molar-refractivity contribution in [1.82, 2.24) is 0 Å². The van der Waals surface area contributed by atoms with Crippen LogP contribution in [0.4, 0.5) is 5.69 Å². The van der Waals surface area contributed by atoms with Crippen molar-refractivity contribution < 1.29 is 19.0 Å². The van der Waals surface area contributed by atoms with Crippen molar-refractivity contribution in [3.05, 3.63) is 30.4 Å². The highest BCUT2D eigenvalue weighted by molar-refractivity contribution is 5.81. The van der Waals surface area contributed by atoms with Crippen LogP contribution in [-0.2, 0) is 9.53 Å². The molecule has 0 bridgehead atoms. The van der Waals surface area contributed by atoms with Gasteiger partial charge in [-0.15, -0.1) is 0 Å². The number of anilines is 1. The van der Waals surface area contributed by atoms with Gasteiger partial charge in [-0.05, 0) is 6.92 Å². The van der Waals surface area contributed by atoms with E-state index in [1.54, 1.807) is 33.3 Å². The molecule has 0 unspecified atom stereocenters. The molecule has 0 spiro atoms. The standard InChI is InChI=1S/C14H19NO4/c1-4-19-14(16)6-5-7-15-11-8-12(17-2)10-13(9-11)18-3/h5-6,8-10,15H,4,7H2,1-3H3/b6-5+. The van der Waals surface area contributed by atoms with Gasteiger partial charge in [-0.1, -0.05) is 6.08 Å². The molecule has 0 amide bonds. The van der Waals surface area contributed by atoms with E-state index in [0.717, 1.165) is 5.69 Å². The van der Waals surface area contributed by atoms with Gasteiger partial charge in [-0.25, -0.2) is 4.79 Å². The van der Waals surface area contributed by atoms with Crippen LogP contribution in [0.3, 0.4) is 0 Å². The number of methoxy groups -OCH3 is 2. The van der Waals surface area contributed by atoms with E-state index in [-0.39, 0.29) is 5.97 Å². The molecule has 0 radical (unpaired) electrons. The lowest BCUT2D eigenvalue weighted by molar-refractivity contribution is -0.137. The SMILES string of the molecule is CCOC(=O)/C=C/CNc1cc(OC)cc(OC)c1. The van der Waals surface area contributed by atoms with Gasteiger partial charge >= 0.3 is 5.97 Å². The number of ether oxygens (including phenoxy) is 3. The normalized spacial score (nSPS) is 10.3. The number of benzene rings is 1. The second kappa shape index (κ2) is 8.02. The zero-order valence-corrected chi connectivity index (χ0v) is 11.4. The van der Waals surface area contributed by atoms with Crippen molar-refractivity contribution >= 4 is 11.7 Å². The molecule has 0 aliphatic carbocycles. The molecule has 0 fully saturated rings. The Morgan fingerprint density at radius 2 is 1.84 bits per heavy atom. The Kier molecular flexibility index (Phi) is 6.29. The summed E-state index contributed by atoms with van der Waals surface area (Å²) < 4.78 is 15.1. The second-order valence-electron chi connectivity index (χ2n) is 3.64. The van der Waals surface area contributed by atoms with Crippen LogP contribution in [0.5, 0.6) is 11.5 Å². The van der Waals surface area contributed by atoms with E-state index in [1.165, 1.54) is 6.08 Å². The monoisotopic (exact) mass is 265 g/mol. The molecular formula is C14H19NO4. The van der Waals surface area contributed by atoms with E-state index >= 15 is 0 Å². The summed E-state index contributed by atoms with van der Waals surface area (Å²) >= 11 is 0. The first-order chi connectivity index (χ1) is 9.19. The summed E-state index contributed by atoms with van der Waals surface area (Å²) in [7, 11) is 3.19. The van der Waals surface area contributed by atoms with Gasteiger partial charge in [0.2, 0.25) is 0 Å². The molecule has 0 aromatic heterocycles. The fourth-order valence-electron chi connectivity index (χ4n) is 1.43. The van der Waals surface area contributed by atoms with Gasteiger partial charge in [0.25, 0.3) is 0 Å². The summed E-state index contributed by atoms with van der Waals surface area (Å²) in [5.41, 5.74) is 0.852. The minimum absolute atomic E-state index is 0.340. The number of rotatable bonds is 7. The first-order valence-electron chi connectivity index (χ1n) is 5.99. The lowest BCUT2D eigenvalue weighted by atomic mass is 10.2. The predicted octanol–water partition coefficient (Wildman–Crippen LogP) is 2.24. The smallest absolute Gasteiger partial charge is 0.330 e. The molecule has 0 heterocycles. The van der Waals surface area contributed by atoms with E-state index in [9.17, 15) is 4.79 Å². The number of nitrogens with one attached hydrogen (secondary N) is 1. The van der Waals surface area contributed by atoms with Crippen LogP contribution >= 0.6 is 0 Å². The fraction of sp³-hybridized carbons (Fsp3) is 0.357. The molecule has 5 heteroatoms. The van der Waals surface area contributed by atoms with E-state index in [1.807, 2.05) is 12.1 Å². The molecular weight excluding hydrogens is 246 g/mol. The van der Waals surface area contributed by atoms with Crippen LogP contribution in [0.2, 0.25) is 0 Å². The van der Waals surface area contributed by atoms with Crippen molar-refractivity contribution in [2.45, 2.75) is 6.92 Å². The maximum atomic E-state index is 11.1. The molecule has 0 aliphatic heterocycles. The van der Waals surface area contributed by atoms with Crippen molar-refractivity contribution in [3.63, 3.8) is 0 Å². The minimum atomic E-state index is -0.340. The Balaban J connectivity index is 2.55. The molecule has 0 saturated heterocycles. The molecule has 1 N–H and O–H groups in total. The highest BCUT2D eigenvalue weighted by Gasteiger charge is 2.00. The first kappa shape index (κ1) is 14.9. The first-order valence-corrected chi connectivity index (χ1v) is 5.99. The average Bonchev–Trinajstić information content (AvgIpc) is 2.43. The average molecular weight is 265 g/mol. The van der Waals surface area contributed by atoms with Crippen LogP contribution in [-0.4, -0.2) is 33.3 Å². The highest BCUT2D eigenvalue weighted by Crippen LogP contribution is 2.25. The van der Waals surface area contributed by atoms with Gasteiger partial charge in [0.05, 0.1) is 20.8 Å². The summed E-state index contributed by atoms with van der Waals surface area (Å²) in [6.45, 7) is 2.66. The Morgan fingerprint density at radius 3 is 2.37 bits per heavy atom. The van der Waals surface area contributed by atoms with E-state index < -0.39 is 0 Å². The Labute approximate surface area is 113 Å². The summed E-state index contributed by atoms with van der Waals surface area (Å²) in [6, 6.07) is 5.49. The molecule has 1 aromatic carbocycles. The quantitative estimate of drug-likeness (QED) is 0.605. The Hall–Kier alpha value is -2.17. The van der Waals surface area contributed by atoms with Crippen molar-refractivity contribution in [3.8, 4) is 11.5 Å². The third-order valence-electron chi connectivity index (χ3n) is 2.32. The minimum Gasteiger partial charge on any atom is -0.497 e. The van der Waals surface area contributed by atoms with Crippen LogP contribution in [0.1, 0.15) is 6.92 Å². The van der Waals surface area contributed by atoms with E-state index in [2.05, 4.69) is 5.32 Å². The predicted molar refractivity (Wildman–Crippen MR) is 73.8 cm³/mol. The third kappa shape index (κ3) is 5.33. The number of esters is 1. The summed E-state index contributed by atoms with van der Waals surface area (Å²) in [6.07, 6.45) is 3.10. The van der Waals surface area contributed by atoms with Gasteiger partial charge in [0.15, 0.2) is 0 Å². The molecule has 19 heavy (non-hydrogen) atoms. The molecule has 0 atom stereocenters. The van der Waals surface area contributed by atoms with E-state index in [4.69, 9.17) is 14.2 Å². The van der Waals surface area contributed by atoms with Crippen LogP contribution in [0, 0.1) is 0 Å². The molecule has 104 valence electrons. The zero-order valence-electron chi connectivity index (χ0n) is 11.4. The maximum Gasteiger partial charge on any atom is 0.330 e. The van der Waals surface area contributed by atoms with Gasteiger partial charge < -0.3 is 19.5 Å². The molecule has 0 aliphatic rings. The van der Waals surface area contributed by atoms with Gasteiger partial charge in [-0.2, -0.15) is 0 Å². The number of hydrogen-bond donors (Lipinski definition) is 1. The van der Waals surface area contributed by atoms with Gasteiger partial charge in [0, 0.05) is 36.5 Å². The highest BCUT2D eigenvalue weighted by atomic mass is 16.5. The maximum absolute atomic E-state index is 11.1. The lowest BCUT2D eigenvalue weighted by Gasteiger charge is -2.09. The number of carbonyl (C=O) groups excluding carboxylic acids is 1. The Bertz CT molecular complexity index is 421. The zero-order chi connectivity index (χ0) is 14.1. The van der Waals surface area contributed by atoms with Crippen molar-refractivity contribution in [2.75, 3.05) is 32.7 Å². The molecule has 1 aromatic rings. The van der Waals surface area contributed by atoms with Crippen LogP contribution in [0.15, 0.2) is 30.4 Å². The van der Waals surface area contributed by atoms with Crippen molar-refractivity contribution in [1.29, 1.82) is 0 Å². The van der Waals surface area contributed by atoms with Crippen LogP contribution in [0.25, 0.3) is 0 Å². The van der Waals surface area contributed by atoms with Crippen LogP contribution < -0.4 is 14.8 Å². The summed E-state index contributed by atoms with van der Waals surface area (Å²) in [5.74, 6) is 1.07. The van der Waals surface area contributed by atoms with Crippen molar-refractivity contribution in [2.24, 2.45) is 0 Å². The third-order valence-corrected chi connectivity index (χ3v) is 2.32. The molecule has 0 saturated carbocycles. The topological polar surface area (TPSA) is 56.8 Å². The Morgan fingerprint density at radius 1 is 1.21 bits per heavy atom.